The number of rotatable bonds is 7. The zero-order valence-corrected chi connectivity index (χ0v) is 22.7. The molecule has 1 aliphatic heterocycles. The number of fused-ring (bicyclic) bond motifs is 1. The molecule has 2 aromatic carbocycles. The van der Waals surface area contributed by atoms with E-state index >= 15 is 0 Å². The summed E-state index contributed by atoms with van der Waals surface area (Å²) >= 11 is 1.26. The van der Waals surface area contributed by atoms with E-state index in [4.69, 9.17) is 9.84 Å². The first kappa shape index (κ1) is 32.1. The number of aliphatic hydroxyl groups is 1. The van der Waals surface area contributed by atoms with Crippen LogP contribution < -0.4 is 5.32 Å². The van der Waals surface area contributed by atoms with Gasteiger partial charge < -0.3 is 20.3 Å². The van der Waals surface area contributed by atoms with Crippen molar-refractivity contribution in [2.75, 3.05) is 11.1 Å². The summed E-state index contributed by atoms with van der Waals surface area (Å²) in [7, 11) is 0. The number of halogens is 6. The molecule has 1 aliphatic rings. The van der Waals surface area contributed by atoms with Crippen molar-refractivity contribution in [2.24, 2.45) is 0 Å². The minimum absolute atomic E-state index is 0.0567. The van der Waals surface area contributed by atoms with E-state index in [1.165, 1.54) is 11.8 Å². The normalized spacial score (nSPS) is 15.9. The Balaban J connectivity index is 1.90. The first-order valence-corrected chi connectivity index (χ1v) is 13.0. The van der Waals surface area contributed by atoms with Gasteiger partial charge in [-0.2, -0.15) is 26.3 Å². The molecule has 0 radical (unpaired) electrons. The third-order valence-corrected chi connectivity index (χ3v) is 6.91. The Kier molecular flexibility index (Phi) is 8.94. The number of nitrogens with zero attached hydrogens (tertiary/aromatic N) is 1. The highest BCUT2D eigenvalue weighted by Gasteiger charge is 2.71. The van der Waals surface area contributed by atoms with Crippen molar-refractivity contribution in [2.45, 2.75) is 68.2 Å². The lowest BCUT2D eigenvalue weighted by atomic mass is 9.92. The van der Waals surface area contributed by atoms with Gasteiger partial charge in [0, 0.05) is 21.9 Å². The van der Waals surface area contributed by atoms with E-state index in [0.29, 0.717) is 28.2 Å². The van der Waals surface area contributed by atoms with Crippen LogP contribution in [0.2, 0.25) is 0 Å². The largest absolute Gasteiger partial charge is 0.481 e. The van der Waals surface area contributed by atoms with Gasteiger partial charge in [0.05, 0.1) is 13.0 Å². The maximum absolute atomic E-state index is 13.3. The molecule has 0 saturated heterocycles. The van der Waals surface area contributed by atoms with Gasteiger partial charge in [-0.25, -0.2) is 4.79 Å². The third-order valence-electron chi connectivity index (χ3n) is 5.91. The van der Waals surface area contributed by atoms with Crippen molar-refractivity contribution in [1.29, 1.82) is 0 Å². The fourth-order valence-electron chi connectivity index (χ4n) is 4.04. The van der Waals surface area contributed by atoms with Crippen molar-refractivity contribution in [3.05, 3.63) is 59.2 Å². The molecule has 0 aromatic heterocycles. The Morgan fingerprint density at radius 2 is 1.59 bits per heavy atom. The number of nitrogens with one attached hydrogen (secondary N) is 1. The van der Waals surface area contributed by atoms with E-state index in [-0.39, 0.29) is 24.4 Å². The average Bonchev–Trinajstić information content (AvgIpc) is 3.20. The number of benzene rings is 2. The van der Waals surface area contributed by atoms with Crippen LogP contribution in [0.4, 0.5) is 36.8 Å². The molecule has 1 unspecified atom stereocenters. The monoisotopic (exact) mass is 608 g/mol. The number of thioether (sulfide) groups is 1. The van der Waals surface area contributed by atoms with Crippen LogP contribution in [0.25, 0.3) is 0 Å². The number of carbonyl (C=O) groups is 3. The molecule has 2 aromatic rings. The summed E-state index contributed by atoms with van der Waals surface area (Å²) in [4.78, 5) is 38.9. The summed E-state index contributed by atoms with van der Waals surface area (Å²) in [5.74, 6) is -1.52. The molecular formula is C26H26F6N2O6S. The quantitative estimate of drug-likeness (QED) is 0.261. The van der Waals surface area contributed by atoms with Gasteiger partial charge in [0.2, 0.25) is 0 Å². The molecule has 1 heterocycles. The molecule has 0 bridgehead atoms. The number of carboxylic acid groups (broad SMARTS) is 1. The second kappa shape index (κ2) is 11.4. The number of hydrogen-bond acceptors (Lipinski definition) is 6. The van der Waals surface area contributed by atoms with Crippen molar-refractivity contribution < 1.29 is 55.7 Å². The number of carbonyl (C=O) groups excluding carboxylic acids is 2. The van der Waals surface area contributed by atoms with Gasteiger partial charge in [-0.15, -0.1) is 11.8 Å². The summed E-state index contributed by atoms with van der Waals surface area (Å²) in [5, 5.41) is 20.8. The Bertz CT molecular complexity index is 1290. The number of amides is 2. The Morgan fingerprint density at radius 1 is 1.00 bits per heavy atom. The molecule has 0 spiro atoms. The standard InChI is InChI=1S/C26H26F6N2O6S/c1-23(2,3)40-22(38)34-13-14-12-17(41-11-10-19(35)36)8-9-18(14)20(34)21(37)33-16-6-4-15(5-7-16)24(39,25(27,28)29)26(30,31)32/h4-9,12,20,39H,10-11,13H2,1-3H3,(H,33,37)(H,35,36). The second-order valence-corrected chi connectivity index (χ2v) is 11.3. The lowest BCUT2D eigenvalue weighted by Gasteiger charge is -2.32. The lowest BCUT2D eigenvalue weighted by molar-refractivity contribution is -0.376. The summed E-state index contributed by atoms with van der Waals surface area (Å²) < 4.78 is 84.6. The Morgan fingerprint density at radius 3 is 2.10 bits per heavy atom. The van der Waals surface area contributed by atoms with Gasteiger partial charge in [-0.05, 0) is 56.2 Å². The van der Waals surface area contributed by atoms with Crippen LogP contribution in [0.3, 0.4) is 0 Å². The number of aliphatic carboxylic acids is 1. The average molecular weight is 609 g/mol. The highest BCUT2D eigenvalue weighted by Crippen LogP contribution is 2.50. The molecular weight excluding hydrogens is 582 g/mol. The highest BCUT2D eigenvalue weighted by atomic mass is 32.2. The SMILES string of the molecule is CC(C)(C)OC(=O)N1Cc2cc(SCCC(=O)O)ccc2C1C(=O)Nc1ccc(C(O)(C(F)(F)F)C(F)(F)F)cc1. The van der Waals surface area contributed by atoms with Crippen molar-refractivity contribution in [1.82, 2.24) is 4.90 Å². The number of carboxylic acids is 1. The number of hydrogen-bond donors (Lipinski definition) is 3. The van der Waals surface area contributed by atoms with Crippen LogP contribution in [-0.2, 0) is 26.5 Å². The molecule has 1 atom stereocenters. The van der Waals surface area contributed by atoms with Crippen LogP contribution in [0, 0.1) is 0 Å². The number of anilines is 1. The molecule has 41 heavy (non-hydrogen) atoms. The van der Waals surface area contributed by atoms with E-state index < -0.39 is 53.1 Å². The van der Waals surface area contributed by atoms with Crippen LogP contribution in [-0.4, -0.2) is 56.8 Å². The Hall–Kier alpha value is -3.46. The number of alkyl halides is 6. The number of ether oxygens (including phenoxy) is 1. The molecule has 2 amide bonds. The summed E-state index contributed by atoms with van der Waals surface area (Å²) in [6.07, 6.45) is -13.1. The lowest BCUT2D eigenvalue weighted by Crippen LogP contribution is -2.53. The van der Waals surface area contributed by atoms with E-state index in [0.717, 1.165) is 17.0 Å². The van der Waals surface area contributed by atoms with Gasteiger partial charge >= 0.3 is 24.4 Å². The maximum Gasteiger partial charge on any atom is 0.430 e. The molecule has 3 N–H and O–H groups in total. The van der Waals surface area contributed by atoms with Crippen LogP contribution in [0.5, 0.6) is 0 Å². The van der Waals surface area contributed by atoms with Crippen molar-refractivity contribution in [3.63, 3.8) is 0 Å². The zero-order chi connectivity index (χ0) is 31.0. The van der Waals surface area contributed by atoms with Gasteiger partial charge in [0.15, 0.2) is 0 Å². The maximum atomic E-state index is 13.3. The molecule has 3 rings (SSSR count). The van der Waals surface area contributed by atoms with E-state index in [1.807, 2.05) is 0 Å². The first-order valence-electron chi connectivity index (χ1n) is 12.0. The van der Waals surface area contributed by atoms with Gasteiger partial charge in [-0.1, -0.05) is 18.2 Å². The minimum atomic E-state index is -6.07. The minimum Gasteiger partial charge on any atom is -0.481 e. The van der Waals surface area contributed by atoms with Gasteiger partial charge in [-0.3, -0.25) is 14.5 Å². The Labute approximate surface area is 234 Å². The summed E-state index contributed by atoms with van der Waals surface area (Å²) in [5.41, 5.74) is -6.77. The fourth-order valence-corrected chi connectivity index (χ4v) is 4.94. The predicted molar refractivity (Wildman–Crippen MR) is 135 cm³/mol. The smallest absolute Gasteiger partial charge is 0.430 e. The molecule has 8 nitrogen and oxygen atoms in total. The van der Waals surface area contributed by atoms with Crippen LogP contribution in [0.1, 0.15) is 49.9 Å². The van der Waals surface area contributed by atoms with Crippen molar-refractivity contribution in [3.8, 4) is 0 Å². The highest BCUT2D eigenvalue weighted by molar-refractivity contribution is 7.99. The molecule has 0 fully saturated rings. The van der Waals surface area contributed by atoms with E-state index in [9.17, 15) is 45.8 Å². The molecule has 0 saturated carbocycles. The van der Waals surface area contributed by atoms with E-state index in [2.05, 4.69) is 5.32 Å². The topological polar surface area (TPSA) is 116 Å². The first-order chi connectivity index (χ1) is 18.7. The fraction of sp³-hybridized carbons (Fsp3) is 0.423. The van der Waals surface area contributed by atoms with Crippen LogP contribution in [0.15, 0.2) is 47.4 Å². The predicted octanol–water partition coefficient (Wildman–Crippen LogP) is 6.00. The molecule has 15 heteroatoms. The van der Waals surface area contributed by atoms with E-state index in [1.54, 1.807) is 39.0 Å². The van der Waals surface area contributed by atoms with Crippen LogP contribution >= 0.6 is 11.8 Å². The van der Waals surface area contributed by atoms with Crippen molar-refractivity contribution >= 4 is 35.4 Å². The van der Waals surface area contributed by atoms with Gasteiger partial charge in [0.1, 0.15) is 11.6 Å². The zero-order valence-electron chi connectivity index (χ0n) is 21.9. The third kappa shape index (κ3) is 7.07. The summed E-state index contributed by atoms with van der Waals surface area (Å²) in [6.45, 7) is 4.79. The van der Waals surface area contributed by atoms with Gasteiger partial charge in [0.25, 0.3) is 11.5 Å². The second-order valence-electron chi connectivity index (χ2n) is 10.1. The summed E-state index contributed by atoms with van der Waals surface area (Å²) in [6, 6.07) is 5.96. The molecule has 0 aliphatic carbocycles. The molecule has 224 valence electrons.